The Bertz CT molecular complexity index is 1260. The fourth-order valence-electron chi connectivity index (χ4n) is 3.92. The highest BCUT2D eigenvalue weighted by molar-refractivity contribution is 7.91. The number of benzene rings is 3. The number of nitro benzene ring substituents is 1. The van der Waals surface area contributed by atoms with Crippen LogP contribution < -0.4 is 15.4 Å². The Balaban J connectivity index is 1.57. The van der Waals surface area contributed by atoms with Gasteiger partial charge in [0.2, 0.25) is 9.84 Å². The molecule has 0 saturated heterocycles. The predicted octanol–water partition coefficient (Wildman–Crippen LogP) is 3.97. The predicted molar refractivity (Wildman–Crippen MR) is 122 cm³/mol. The van der Waals surface area contributed by atoms with Gasteiger partial charge < -0.3 is 15.4 Å². The molecule has 0 unspecified atom stereocenters. The Morgan fingerprint density at radius 2 is 1.69 bits per heavy atom. The molecule has 0 aromatic heterocycles. The molecular weight excluding hydrogens is 430 g/mol. The van der Waals surface area contributed by atoms with Crippen LogP contribution in [0, 0.1) is 10.1 Å². The Hall–Kier alpha value is -3.59. The molecule has 0 aliphatic carbocycles. The van der Waals surface area contributed by atoms with Gasteiger partial charge in [0, 0.05) is 24.8 Å². The van der Waals surface area contributed by atoms with Crippen LogP contribution in [-0.2, 0) is 22.8 Å². The molecule has 0 amide bonds. The van der Waals surface area contributed by atoms with Crippen LogP contribution in [0.25, 0.3) is 0 Å². The molecule has 0 spiro atoms. The number of hydrogen-bond acceptors (Lipinski definition) is 7. The number of anilines is 2. The van der Waals surface area contributed by atoms with Gasteiger partial charge in [0.15, 0.2) is 0 Å². The molecule has 0 bridgehead atoms. The molecule has 1 aliphatic rings. The first-order valence-corrected chi connectivity index (χ1v) is 11.6. The summed E-state index contributed by atoms with van der Waals surface area (Å²) in [6, 6.07) is 16.2. The zero-order chi connectivity index (χ0) is 22.9. The molecule has 1 heterocycles. The molecule has 4 rings (SSSR count). The fourth-order valence-corrected chi connectivity index (χ4v) is 5.19. The summed E-state index contributed by atoms with van der Waals surface area (Å²) in [5, 5.41) is 11.3. The van der Waals surface area contributed by atoms with Gasteiger partial charge in [-0.2, -0.15) is 0 Å². The summed E-state index contributed by atoms with van der Waals surface area (Å²) in [6.07, 6.45) is 1.72. The minimum absolute atomic E-state index is 0.100. The van der Waals surface area contributed by atoms with E-state index in [9.17, 15) is 18.5 Å². The van der Waals surface area contributed by atoms with E-state index in [1.807, 2.05) is 0 Å². The van der Waals surface area contributed by atoms with Gasteiger partial charge in [0.25, 0.3) is 5.69 Å². The van der Waals surface area contributed by atoms with Crippen LogP contribution in [0.1, 0.15) is 17.5 Å². The SMILES string of the molecule is COc1ccc(S(=O)(=O)c2ccc(CN3CCCc4cc(N)c([N+](=O)[O-])cc43)cc2)cc1. The maximum atomic E-state index is 12.9. The van der Waals surface area contributed by atoms with E-state index in [1.54, 1.807) is 42.5 Å². The molecule has 2 N–H and O–H groups in total. The molecule has 8 nitrogen and oxygen atoms in total. The van der Waals surface area contributed by atoms with E-state index in [0.29, 0.717) is 12.3 Å². The number of nitrogen functional groups attached to an aromatic ring is 1. The van der Waals surface area contributed by atoms with Crippen LogP contribution in [0.3, 0.4) is 0 Å². The second-order valence-electron chi connectivity index (χ2n) is 7.64. The standard InChI is InChI=1S/C23H23N3O5S/c1-31-18-6-10-20(11-7-18)32(29,30)19-8-4-16(5-9-19)15-25-12-2-3-17-13-21(24)23(26(27)28)14-22(17)25/h4-11,13-14H,2-3,12,15,24H2,1H3. The van der Waals surface area contributed by atoms with Crippen molar-refractivity contribution in [2.45, 2.75) is 29.2 Å². The fraction of sp³-hybridized carbons (Fsp3) is 0.217. The van der Waals surface area contributed by atoms with Crippen LogP contribution in [0.5, 0.6) is 5.75 Å². The third-order valence-corrected chi connectivity index (χ3v) is 7.40. The summed E-state index contributed by atoms with van der Waals surface area (Å²) in [7, 11) is -2.12. The zero-order valence-corrected chi connectivity index (χ0v) is 18.3. The van der Waals surface area contributed by atoms with Crippen LogP contribution in [0.4, 0.5) is 17.1 Å². The first-order chi connectivity index (χ1) is 15.3. The van der Waals surface area contributed by atoms with Crippen molar-refractivity contribution in [3.8, 4) is 5.75 Å². The van der Waals surface area contributed by atoms with Gasteiger partial charge in [-0.25, -0.2) is 8.42 Å². The van der Waals surface area contributed by atoms with Crippen molar-refractivity contribution in [2.24, 2.45) is 0 Å². The number of rotatable bonds is 6. The van der Waals surface area contributed by atoms with Gasteiger partial charge in [-0.3, -0.25) is 10.1 Å². The summed E-state index contributed by atoms with van der Waals surface area (Å²) >= 11 is 0. The van der Waals surface area contributed by atoms with Crippen LogP contribution >= 0.6 is 0 Å². The van der Waals surface area contributed by atoms with E-state index in [-0.39, 0.29) is 21.2 Å². The topological polar surface area (TPSA) is 116 Å². The van der Waals surface area contributed by atoms with Crippen molar-refractivity contribution < 1.29 is 18.1 Å². The van der Waals surface area contributed by atoms with Gasteiger partial charge in [0.05, 0.1) is 21.8 Å². The largest absolute Gasteiger partial charge is 0.497 e. The van der Waals surface area contributed by atoms with Crippen LogP contribution in [0.2, 0.25) is 0 Å². The molecule has 3 aromatic carbocycles. The number of hydrogen-bond donors (Lipinski definition) is 1. The third-order valence-electron chi connectivity index (χ3n) is 5.62. The Morgan fingerprint density at radius 1 is 1.06 bits per heavy atom. The average molecular weight is 454 g/mol. The van der Waals surface area contributed by atoms with Crippen molar-refractivity contribution in [1.82, 2.24) is 0 Å². The molecule has 1 aliphatic heterocycles. The van der Waals surface area contributed by atoms with Gasteiger partial charge in [0.1, 0.15) is 11.4 Å². The van der Waals surface area contributed by atoms with E-state index in [2.05, 4.69) is 4.90 Å². The molecule has 0 saturated carbocycles. The molecular formula is C23H23N3O5S. The lowest BCUT2D eigenvalue weighted by molar-refractivity contribution is -0.383. The molecule has 3 aromatic rings. The molecule has 32 heavy (non-hydrogen) atoms. The highest BCUT2D eigenvalue weighted by Gasteiger charge is 2.23. The number of nitrogens with zero attached hydrogens (tertiary/aromatic N) is 2. The highest BCUT2D eigenvalue weighted by Crippen LogP contribution is 2.36. The van der Waals surface area contributed by atoms with Crippen LogP contribution in [0.15, 0.2) is 70.5 Å². The number of nitro groups is 1. The van der Waals surface area contributed by atoms with Crippen molar-refractivity contribution >= 4 is 26.9 Å². The second kappa shape index (κ2) is 8.51. The minimum Gasteiger partial charge on any atom is -0.497 e. The Kier molecular flexibility index (Phi) is 5.75. The second-order valence-corrected chi connectivity index (χ2v) is 9.59. The lowest BCUT2D eigenvalue weighted by Gasteiger charge is -2.31. The lowest BCUT2D eigenvalue weighted by atomic mass is 9.99. The lowest BCUT2D eigenvalue weighted by Crippen LogP contribution is -2.29. The summed E-state index contributed by atoms with van der Waals surface area (Å²) < 4.78 is 30.9. The monoisotopic (exact) mass is 453 g/mol. The summed E-state index contributed by atoms with van der Waals surface area (Å²) in [4.78, 5) is 13.3. The molecule has 9 heteroatoms. The first kappa shape index (κ1) is 21.6. The molecule has 0 radical (unpaired) electrons. The van der Waals surface area contributed by atoms with Crippen LogP contribution in [-0.4, -0.2) is 27.0 Å². The Labute approximate surface area is 186 Å². The van der Waals surface area contributed by atoms with Gasteiger partial charge >= 0.3 is 0 Å². The zero-order valence-electron chi connectivity index (χ0n) is 17.5. The smallest absolute Gasteiger partial charge is 0.294 e. The quantitative estimate of drug-likeness (QED) is 0.341. The van der Waals surface area contributed by atoms with E-state index >= 15 is 0 Å². The number of aryl methyl sites for hydroxylation is 1. The first-order valence-electron chi connectivity index (χ1n) is 10.1. The number of fused-ring (bicyclic) bond motifs is 1. The normalized spacial score (nSPS) is 13.5. The maximum absolute atomic E-state index is 12.9. The number of sulfone groups is 1. The van der Waals surface area contributed by atoms with Gasteiger partial charge in [-0.05, 0) is 66.4 Å². The van der Waals surface area contributed by atoms with E-state index in [1.165, 1.54) is 25.3 Å². The van der Waals surface area contributed by atoms with E-state index in [0.717, 1.165) is 36.2 Å². The van der Waals surface area contributed by atoms with Gasteiger partial charge in [-0.15, -0.1) is 0 Å². The molecule has 0 fully saturated rings. The minimum atomic E-state index is -3.64. The number of methoxy groups -OCH3 is 1. The molecule has 166 valence electrons. The van der Waals surface area contributed by atoms with E-state index in [4.69, 9.17) is 10.5 Å². The van der Waals surface area contributed by atoms with Crippen molar-refractivity contribution in [3.05, 3.63) is 81.9 Å². The summed E-state index contributed by atoms with van der Waals surface area (Å²) in [5.41, 5.74) is 8.60. The highest BCUT2D eigenvalue weighted by atomic mass is 32.2. The van der Waals surface area contributed by atoms with E-state index < -0.39 is 14.8 Å². The van der Waals surface area contributed by atoms with Crippen molar-refractivity contribution in [1.29, 1.82) is 0 Å². The van der Waals surface area contributed by atoms with Crippen molar-refractivity contribution in [2.75, 3.05) is 24.3 Å². The maximum Gasteiger partial charge on any atom is 0.294 e. The number of ether oxygens (including phenoxy) is 1. The Morgan fingerprint density at radius 3 is 2.28 bits per heavy atom. The van der Waals surface area contributed by atoms with Crippen molar-refractivity contribution in [3.63, 3.8) is 0 Å². The summed E-state index contributed by atoms with van der Waals surface area (Å²) in [5.74, 6) is 0.586. The summed E-state index contributed by atoms with van der Waals surface area (Å²) in [6.45, 7) is 1.26. The average Bonchev–Trinajstić information content (AvgIpc) is 2.79. The van der Waals surface area contributed by atoms with Gasteiger partial charge in [-0.1, -0.05) is 12.1 Å². The third kappa shape index (κ3) is 4.11. The molecule has 0 atom stereocenters. The number of nitrogens with two attached hydrogens (primary N) is 1.